The molecule has 2 rings (SSSR count). The summed E-state index contributed by atoms with van der Waals surface area (Å²) in [5.74, 6) is 1.21. The minimum Gasteiger partial charge on any atom is -0.493 e. The van der Waals surface area contributed by atoms with Crippen molar-refractivity contribution in [1.29, 1.82) is 0 Å². The Labute approximate surface area is 132 Å². The molecule has 1 unspecified atom stereocenters. The lowest BCUT2D eigenvalue weighted by molar-refractivity contribution is 0.222. The van der Waals surface area contributed by atoms with E-state index in [0.717, 1.165) is 19.4 Å². The number of thiophene rings is 1. The van der Waals surface area contributed by atoms with Gasteiger partial charge in [-0.2, -0.15) is 0 Å². The molecule has 6 heteroatoms. The summed E-state index contributed by atoms with van der Waals surface area (Å²) in [5.41, 5.74) is 0.737. The lowest BCUT2D eigenvalue weighted by Crippen LogP contribution is -2.01. The molecular weight excluding hydrogens is 396 g/mol. The van der Waals surface area contributed by atoms with Gasteiger partial charge in [-0.15, -0.1) is 11.3 Å². The third-order valence-corrected chi connectivity index (χ3v) is 5.30. The van der Waals surface area contributed by atoms with E-state index in [0.29, 0.717) is 11.5 Å². The molecule has 0 amide bonds. The number of benzene rings is 1. The lowest BCUT2D eigenvalue weighted by atomic mass is 10.1. The summed E-state index contributed by atoms with van der Waals surface area (Å²) in [4.78, 5) is 0.855. The van der Waals surface area contributed by atoms with Crippen molar-refractivity contribution in [3.8, 4) is 11.5 Å². The molecule has 0 aliphatic rings. The number of halogens is 2. The minimum absolute atomic E-state index is 0.590. The first-order valence-electron chi connectivity index (χ1n) is 5.40. The first-order chi connectivity index (χ1) is 9.08. The Morgan fingerprint density at radius 2 is 1.74 bits per heavy atom. The molecule has 0 aliphatic heterocycles. The molecular formula is C13H12Br2O3S. The molecule has 0 aliphatic carbocycles. The van der Waals surface area contributed by atoms with Crippen LogP contribution in [0.3, 0.4) is 0 Å². The standard InChI is InChI=1S/C13H12Br2O3S/c1-17-10-5-7(9(15)6-11(10)18-2)12(16)13-8(14)3-4-19-13/h3-6,12,16H,1-2H3. The summed E-state index contributed by atoms with van der Waals surface area (Å²) >= 11 is 8.38. The Bertz CT molecular complexity index is 583. The molecule has 1 N–H and O–H groups in total. The number of aliphatic hydroxyl groups excluding tert-OH is 1. The van der Waals surface area contributed by atoms with E-state index in [4.69, 9.17) is 9.47 Å². The van der Waals surface area contributed by atoms with Crippen LogP contribution in [-0.4, -0.2) is 19.3 Å². The molecule has 19 heavy (non-hydrogen) atoms. The third kappa shape index (κ3) is 2.97. The van der Waals surface area contributed by atoms with Crippen LogP contribution in [0.15, 0.2) is 32.5 Å². The number of aliphatic hydroxyl groups is 1. The second-order valence-electron chi connectivity index (χ2n) is 3.76. The van der Waals surface area contributed by atoms with Crippen LogP contribution in [-0.2, 0) is 0 Å². The van der Waals surface area contributed by atoms with Crippen LogP contribution < -0.4 is 9.47 Å². The third-order valence-electron chi connectivity index (χ3n) is 2.69. The molecule has 2 aromatic rings. The predicted octanol–water partition coefficient (Wildman–Crippen LogP) is 4.37. The van der Waals surface area contributed by atoms with Gasteiger partial charge in [0.2, 0.25) is 0 Å². The molecule has 0 saturated carbocycles. The predicted molar refractivity (Wildman–Crippen MR) is 83.3 cm³/mol. The van der Waals surface area contributed by atoms with E-state index >= 15 is 0 Å². The van der Waals surface area contributed by atoms with Gasteiger partial charge in [0, 0.05) is 14.5 Å². The van der Waals surface area contributed by atoms with Crippen LogP contribution in [0.25, 0.3) is 0 Å². The molecule has 1 aromatic heterocycles. The van der Waals surface area contributed by atoms with Gasteiger partial charge in [-0.25, -0.2) is 0 Å². The van der Waals surface area contributed by atoms with Crippen molar-refractivity contribution in [2.45, 2.75) is 6.10 Å². The highest BCUT2D eigenvalue weighted by atomic mass is 79.9. The highest BCUT2D eigenvalue weighted by Crippen LogP contribution is 2.40. The monoisotopic (exact) mass is 406 g/mol. The van der Waals surface area contributed by atoms with Crippen LogP contribution in [0.1, 0.15) is 16.5 Å². The molecule has 3 nitrogen and oxygen atoms in total. The summed E-state index contributed by atoms with van der Waals surface area (Å²) in [6, 6.07) is 5.48. The summed E-state index contributed by atoms with van der Waals surface area (Å²) in [6.45, 7) is 0. The van der Waals surface area contributed by atoms with Crippen molar-refractivity contribution < 1.29 is 14.6 Å². The largest absolute Gasteiger partial charge is 0.493 e. The fraction of sp³-hybridized carbons (Fsp3) is 0.231. The SMILES string of the molecule is COc1cc(Br)c(C(O)c2sccc2Br)cc1OC. The van der Waals surface area contributed by atoms with Crippen molar-refractivity contribution in [3.63, 3.8) is 0 Å². The lowest BCUT2D eigenvalue weighted by Gasteiger charge is -2.16. The van der Waals surface area contributed by atoms with Crippen molar-refractivity contribution in [2.24, 2.45) is 0 Å². The van der Waals surface area contributed by atoms with Crippen molar-refractivity contribution >= 4 is 43.2 Å². The van der Waals surface area contributed by atoms with Gasteiger partial charge in [-0.05, 0) is 39.5 Å². The zero-order valence-corrected chi connectivity index (χ0v) is 14.3. The highest BCUT2D eigenvalue weighted by Gasteiger charge is 2.20. The summed E-state index contributed by atoms with van der Waals surface area (Å²) < 4.78 is 12.2. The van der Waals surface area contributed by atoms with Gasteiger partial charge in [0.25, 0.3) is 0 Å². The normalized spacial score (nSPS) is 12.3. The minimum atomic E-state index is -0.719. The molecule has 0 fully saturated rings. The fourth-order valence-electron chi connectivity index (χ4n) is 1.72. The van der Waals surface area contributed by atoms with Crippen molar-refractivity contribution in [3.05, 3.63) is 43.0 Å². The van der Waals surface area contributed by atoms with Gasteiger partial charge in [-0.1, -0.05) is 15.9 Å². The van der Waals surface area contributed by atoms with Gasteiger partial charge in [0.05, 0.1) is 19.1 Å². The molecule has 102 valence electrons. The number of rotatable bonds is 4. The van der Waals surface area contributed by atoms with E-state index < -0.39 is 6.10 Å². The zero-order chi connectivity index (χ0) is 14.0. The molecule has 1 aromatic carbocycles. The number of methoxy groups -OCH3 is 2. The average molecular weight is 408 g/mol. The maximum Gasteiger partial charge on any atom is 0.161 e. The molecule has 1 atom stereocenters. The smallest absolute Gasteiger partial charge is 0.161 e. The van der Waals surface area contributed by atoms with Gasteiger partial charge >= 0.3 is 0 Å². The Morgan fingerprint density at radius 3 is 2.26 bits per heavy atom. The van der Waals surface area contributed by atoms with Crippen LogP contribution in [0.2, 0.25) is 0 Å². The molecule has 0 spiro atoms. The molecule has 0 bridgehead atoms. The Balaban J connectivity index is 2.48. The van der Waals surface area contributed by atoms with E-state index in [2.05, 4.69) is 31.9 Å². The van der Waals surface area contributed by atoms with Crippen LogP contribution in [0.5, 0.6) is 11.5 Å². The summed E-state index contributed by atoms with van der Waals surface area (Å²) in [5, 5.41) is 12.4. The van der Waals surface area contributed by atoms with Crippen molar-refractivity contribution in [2.75, 3.05) is 14.2 Å². The van der Waals surface area contributed by atoms with Gasteiger partial charge in [-0.3, -0.25) is 0 Å². The maximum absolute atomic E-state index is 10.5. The molecule has 1 heterocycles. The zero-order valence-electron chi connectivity index (χ0n) is 10.3. The second-order valence-corrected chi connectivity index (χ2v) is 6.42. The van der Waals surface area contributed by atoms with Gasteiger partial charge in [0.1, 0.15) is 6.10 Å². The Hall–Kier alpha value is -0.560. The second kappa shape index (κ2) is 6.26. The molecule has 0 saturated heterocycles. The van der Waals surface area contributed by atoms with E-state index in [1.54, 1.807) is 26.4 Å². The Morgan fingerprint density at radius 1 is 1.11 bits per heavy atom. The van der Waals surface area contributed by atoms with Gasteiger partial charge in [0.15, 0.2) is 11.5 Å². The summed E-state index contributed by atoms with van der Waals surface area (Å²) in [7, 11) is 3.15. The first kappa shape index (κ1) is 14.8. The fourth-order valence-corrected chi connectivity index (χ4v) is 3.85. The molecule has 0 radical (unpaired) electrons. The van der Waals surface area contributed by atoms with E-state index in [1.165, 1.54) is 11.3 Å². The topological polar surface area (TPSA) is 38.7 Å². The summed E-state index contributed by atoms with van der Waals surface area (Å²) in [6.07, 6.45) is -0.719. The number of hydrogen-bond donors (Lipinski definition) is 1. The number of hydrogen-bond acceptors (Lipinski definition) is 4. The van der Waals surface area contributed by atoms with Gasteiger partial charge < -0.3 is 14.6 Å². The number of ether oxygens (including phenoxy) is 2. The Kier molecular flexibility index (Phi) is 4.89. The van der Waals surface area contributed by atoms with Crippen LogP contribution >= 0.6 is 43.2 Å². The maximum atomic E-state index is 10.5. The van der Waals surface area contributed by atoms with E-state index in [9.17, 15) is 5.11 Å². The van der Waals surface area contributed by atoms with Crippen molar-refractivity contribution in [1.82, 2.24) is 0 Å². The van der Waals surface area contributed by atoms with Crippen LogP contribution in [0, 0.1) is 0 Å². The average Bonchev–Trinajstić information content (AvgIpc) is 2.83. The van der Waals surface area contributed by atoms with Crippen LogP contribution in [0.4, 0.5) is 0 Å². The van der Waals surface area contributed by atoms with E-state index in [-0.39, 0.29) is 0 Å². The quantitative estimate of drug-likeness (QED) is 0.817. The first-order valence-corrected chi connectivity index (χ1v) is 7.87. The highest BCUT2D eigenvalue weighted by molar-refractivity contribution is 9.10. The van der Waals surface area contributed by atoms with E-state index in [1.807, 2.05) is 11.4 Å².